The van der Waals surface area contributed by atoms with Crippen molar-refractivity contribution in [3.8, 4) is 6.07 Å². The number of likely N-dealkylation sites (tertiary alicyclic amines) is 1. The predicted octanol–water partition coefficient (Wildman–Crippen LogP) is 8.33. The van der Waals surface area contributed by atoms with Gasteiger partial charge in [0.1, 0.15) is 0 Å². The first-order valence-electron chi connectivity index (χ1n) is 17.2. The Morgan fingerprint density at radius 2 is 2.02 bits per heavy atom. The van der Waals surface area contributed by atoms with Gasteiger partial charge in [0.2, 0.25) is 0 Å². The van der Waals surface area contributed by atoms with Crippen molar-refractivity contribution in [2.75, 3.05) is 32.7 Å². The molecule has 45 heavy (non-hydrogen) atoms. The normalized spacial score (nSPS) is 18.7. The topological polar surface area (TPSA) is 81.2 Å². The molecule has 0 spiro atoms. The lowest BCUT2D eigenvalue weighted by atomic mass is 9.86. The average Bonchev–Trinajstić information content (AvgIpc) is 3.02. The Hall–Kier alpha value is -3.30. The number of rotatable bonds is 16. The second-order valence-electron chi connectivity index (χ2n) is 14.3. The van der Waals surface area contributed by atoms with E-state index in [4.69, 9.17) is 5.73 Å². The Labute approximate surface area is 274 Å². The van der Waals surface area contributed by atoms with Crippen LogP contribution < -0.4 is 11.1 Å². The van der Waals surface area contributed by atoms with Crippen molar-refractivity contribution in [3.63, 3.8) is 0 Å². The fourth-order valence-electron chi connectivity index (χ4n) is 6.23. The molecule has 0 amide bonds. The van der Waals surface area contributed by atoms with Crippen LogP contribution in [-0.2, 0) is 0 Å². The van der Waals surface area contributed by atoms with E-state index in [9.17, 15) is 5.26 Å². The van der Waals surface area contributed by atoms with Crippen LogP contribution >= 0.6 is 0 Å². The molecule has 3 rings (SSSR count). The standard InChI is InChI=1S/C39H60N6/c1-9-10-11-36-23-38(44-18-14-34(24-40)15-19-44)37(27-45(36)26-29(2)12-16-39(7,8)28-41)43-25-31(4)20-30(3)21-32(5)35-13-17-42-33(6)22-35/h11,13,17,20,22-23,27,29-30,34,43H,5,9-10,12,14-16,18-19,21,24-26,40H2,1-4,6-8H3/b31-20+,36-11+. The zero-order chi connectivity index (χ0) is 33.0. The maximum Gasteiger partial charge on any atom is 0.0746 e. The van der Waals surface area contributed by atoms with E-state index >= 15 is 0 Å². The lowest BCUT2D eigenvalue weighted by Gasteiger charge is -2.39. The summed E-state index contributed by atoms with van der Waals surface area (Å²) in [5.41, 5.74) is 14.2. The van der Waals surface area contributed by atoms with Gasteiger partial charge in [0.05, 0.1) is 22.9 Å². The first-order valence-corrected chi connectivity index (χ1v) is 17.2. The molecule has 1 aromatic rings. The van der Waals surface area contributed by atoms with E-state index < -0.39 is 0 Å². The Bertz CT molecular complexity index is 1280. The van der Waals surface area contributed by atoms with Crippen LogP contribution in [0.25, 0.3) is 5.57 Å². The third-order valence-electron chi connectivity index (χ3n) is 9.18. The summed E-state index contributed by atoms with van der Waals surface area (Å²) in [5.74, 6) is 1.47. The molecule has 2 aliphatic heterocycles. The van der Waals surface area contributed by atoms with Crippen LogP contribution in [0.4, 0.5) is 0 Å². The molecule has 2 aliphatic rings. The first kappa shape index (κ1) is 36.2. The maximum atomic E-state index is 9.53. The number of pyridine rings is 1. The van der Waals surface area contributed by atoms with Gasteiger partial charge in [-0.25, -0.2) is 0 Å². The van der Waals surface area contributed by atoms with Crippen LogP contribution in [0.3, 0.4) is 0 Å². The van der Waals surface area contributed by atoms with E-state index in [1.54, 1.807) is 0 Å². The summed E-state index contributed by atoms with van der Waals surface area (Å²) >= 11 is 0. The Morgan fingerprint density at radius 1 is 1.29 bits per heavy atom. The number of aryl methyl sites for hydroxylation is 1. The molecular weight excluding hydrogens is 552 g/mol. The number of nitrogens with one attached hydrogen (secondary N) is 1. The number of allylic oxidation sites excluding steroid dienone is 4. The third kappa shape index (κ3) is 11.5. The summed E-state index contributed by atoms with van der Waals surface area (Å²) in [5, 5.41) is 13.4. The van der Waals surface area contributed by atoms with Gasteiger partial charge in [-0.05, 0) is 120 Å². The summed E-state index contributed by atoms with van der Waals surface area (Å²) < 4.78 is 0. The number of hydrogen-bond donors (Lipinski definition) is 2. The van der Waals surface area contributed by atoms with E-state index in [0.29, 0.717) is 17.8 Å². The third-order valence-corrected chi connectivity index (χ3v) is 9.18. The monoisotopic (exact) mass is 612 g/mol. The lowest BCUT2D eigenvalue weighted by Crippen LogP contribution is -2.40. The van der Waals surface area contributed by atoms with Crippen LogP contribution in [0.15, 0.2) is 72.0 Å². The largest absolute Gasteiger partial charge is 0.378 e. The Balaban J connectivity index is 1.79. The van der Waals surface area contributed by atoms with Gasteiger partial charge in [0.15, 0.2) is 0 Å². The molecule has 0 aromatic carbocycles. The molecule has 0 bridgehead atoms. The molecule has 0 saturated carbocycles. The molecule has 0 aliphatic carbocycles. The number of unbranched alkanes of at least 4 members (excludes halogenated alkanes) is 1. The van der Waals surface area contributed by atoms with Gasteiger partial charge in [0.25, 0.3) is 0 Å². The van der Waals surface area contributed by atoms with E-state index in [-0.39, 0.29) is 5.41 Å². The Kier molecular flexibility index (Phi) is 14.0. The van der Waals surface area contributed by atoms with Crippen molar-refractivity contribution < 1.29 is 0 Å². The molecule has 2 atom stereocenters. The summed E-state index contributed by atoms with van der Waals surface area (Å²) in [6.45, 7) is 24.1. The highest BCUT2D eigenvalue weighted by molar-refractivity contribution is 5.63. The quantitative estimate of drug-likeness (QED) is 0.183. The van der Waals surface area contributed by atoms with Gasteiger partial charge < -0.3 is 20.9 Å². The number of aromatic nitrogens is 1. The van der Waals surface area contributed by atoms with Crippen LogP contribution in [0, 0.1) is 41.4 Å². The molecular formula is C39H60N6. The van der Waals surface area contributed by atoms with E-state index in [2.05, 4.69) is 97.0 Å². The molecule has 1 aromatic heterocycles. The summed E-state index contributed by atoms with van der Waals surface area (Å²) in [6, 6.07) is 6.65. The van der Waals surface area contributed by atoms with Crippen molar-refractivity contribution in [3.05, 3.63) is 83.3 Å². The van der Waals surface area contributed by atoms with Crippen LogP contribution in [0.2, 0.25) is 0 Å². The highest BCUT2D eigenvalue weighted by Crippen LogP contribution is 2.31. The molecule has 246 valence electrons. The van der Waals surface area contributed by atoms with Crippen molar-refractivity contribution >= 4 is 5.57 Å². The molecule has 0 radical (unpaired) electrons. The van der Waals surface area contributed by atoms with E-state index in [1.807, 2.05) is 27.0 Å². The predicted molar refractivity (Wildman–Crippen MR) is 191 cm³/mol. The zero-order valence-electron chi connectivity index (χ0n) is 29.3. The van der Waals surface area contributed by atoms with Crippen LogP contribution in [0.5, 0.6) is 0 Å². The molecule has 6 heteroatoms. The minimum atomic E-state index is -0.285. The average molecular weight is 613 g/mol. The Morgan fingerprint density at radius 3 is 2.67 bits per heavy atom. The number of hydrogen-bond acceptors (Lipinski definition) is 6. The van der Waals surface area contributed by atoms with Crippen LogP contribution in [0.1, 0.15) is 97.7 Å². The van der Waals surface area contributed by atoms with Crippen molar-refractivity contribution in [2.45, 2.75) is 93.4 Å². The van der Waals surface area contributed by atoms with Gasteiger partial charge in [-0.2, -0.15) is 5.26 Å². The van der Waals surface area contributed by atoms with Crippen molar-refractivity contribution in [1.82, 2.24) is 20.1 Å². The summed E-state index contributed by atoms with van der Waals surface area (Å²) in [4.78, 5) is 9.33. The van der Waals surface area contributed by atoms with Gasteiger partial charge in [-0.1, -0.05) is 51.5 Å². The fraction of sp³-hybridized carbons (Fsp3) is 0.590. The van der Waals surface area contributed by atoms with Crippen molar-refractivity contribution in [1.29, 1.82) is 5.26 Å². The van der Waals surface area contributed by atoms with E-state index in [1.165, 1.54) is 28.2 Å². The molecule has 6 nitrogen and oxygen atoms in total. The molecule has 3 heterocycles. The molecule has 1 saturated heterocycles. The second-order valence-corrected chi connectivity index (χ2v) is 14.3. The minimum absolute atomic E-state index is 0.285. The number of nitrogens with zero attached hydrogens (tertiary/aromatic N) is 4. The second kappa shape index (κ2) is 17.4. The van der Waals surface area contributed by atoms with Gasteiger partial charge in [0, 0.05) is 50.0 Å². The van der Waals surface area contributed by atoms with Gasteiger partial charge in [-0.15, -0.1) is 0 Å². The zero-order valence-corrected chi connectivity index (χ0v) is 29.3. The first-order chi connectivity index (χ1) is 21.4. The summed E-state index contributed by atoms with van der Waals surface area (Å²) in [6.07, 6.45) is 18.7. The van der Waals surface area contributed by atoms with Gasteiger partial charge >= 0.3 is 0 Å². The molecule has 2 unspecified atom stereocenters. The maximum absolute atomic E-state index is 9.53. The molecule has 3 N–H and O–H groups in total. The smallest absolute Gasteiger partial charge is 0.0746 e. The molecule has 1 fully saturated rings. The SMILES string of the molecule is C=C(CC(C)/C=C(\C)CNC1=CN(CC(C)CCC(C)(C)C#N)/C(=C/CCC)C=C1N1CCC(CN)CC1)c1ccnc(C)c1. The van der Waals surface area contributed by atoms with Crippen molar-refractivity contribution in [2.24, 2.45) is 28.9 Å². The number of nitrogens with two attached hydrogens (primary N) is 1. The fourth-order valence-corrected chi connectivity index (χ4v) is 6.23. The lowest BCUT2D eigenvalue weighted by molar-refractivity contribution is 0.228. The van der Waals surface area contributed by atoms with E-state index in [0.717, 1.165) is 88.9 Å². The number of nitriles is 1. The summed E-state index contributed by atoms with van der Waals surface area (Å²) in [7, 11) is 0. The van der Waals surface area contributed by atoms with Crippen LogP contribution in [-0.4, -0.2) is 47.5 Å². The number of piperidine rings is 1. The minimum Gasteiger partial charge on any atom is -0.378 e. The van der Waals surface area contributed by atoms with Gasteiger partial charge in [-0.3, -0.25) is 4.98 Å². The highest BCUT2D eigenvalue weighted by Gasteiger charge is 2.27. The highest BCUT2D eigenvalue weighted by atomic mass is 15.2.